The Kier molecular flexibility index (Phi) is 4.47. The van der Waals surface area contributed by atoms with E-state index in [1.165, 1.54) is 18.2 Å². The van der Waals surface area contributed by atoms with Crippen LogP contribution in [0.1, 0.15) is 11.1 Å². The second-order valence-corrected chi connectivity index (χ2v) is 6.40. The highest BCUT2D eigenvalue weighted by Crippen LogP contribution is 2.35. The van der Waals surface area contributed by atoms with E-state index in [1.807, 2.05) is 49.4 Å². The highest BCUT2D eigenvalue weighted by atomic mass is 19.1. The Bertz CT molecular complexity index is 1160. The van der Waals surface area contributed by atoms with Gasteiger partial charge in [-0.05, 0) is 47.9 Å². The van der Waals surface area contributed by atoms with Crippen LogP contribution in [0.3, 0.4) is 0 Å². The van der Waals surface area contributed by atoms with E-state index in [9.17, 15) is 9.18 Å². The van der Waals surface area contributed by atoms with Crippen molar-refractivity contribution >= 4 is 11.0 Å². The first-order valence-corrected chi connectivity index (χ1v) is 8.61. The van der Waals surface area contributed by atoms with Crippen molar-refractivity contribution in [3.8, 4) is 16.9 Å². The van der Waals surface area contributed by atoms with E-state index in [1.54, 1.807) is 12.1 Å². The fraction of sp³-hybridized carbons (Fsp3) is 0.0870. The van der Waals surface area contributed by atoms with Gasteiger partial charge in [-0.15, -0.1) is 0 Å². The lowest BCUT2D eigenvalue weighted by molar-refractivity contribution is 0.309. The van der Waals surface area contributed by atoms with E-state index >= 15 is 0 Å². The molecular formula is C23H17FO3. The van der Waals surface area contributed by atoms with Crippen molar-refractivity contribution in [3.05, 3.63) is 100 Å². The van der Waals surface area contributed by atoms with Gasteiger partial charge in [-0.2, -0.15) is 0 Å². The second-order valence-electron chi connectivity index (χ2n) is 6.40. The van der Waals surface area contributed by atoms with Crippen molar-refractivity contribution in [2.45, 2.75) is 13.5 Å². The van der Waals surface area contributed by atoms with Gasteiger partial charge in [0.25, 0.3) is 0 Å². The van der Waals surface area contributed by atoms with Crippen LogP contribution < -0.4 is 10.4 Å². The maximum Gasteiger partial charge on any atom is 0.336 e. The third kappa shape index (κ3) is 3.60. The average molecular weight is 360 g/mol. The lowest BCUT2D eigenvalue weighted by atomic mass is 10.0. The largest absolute Gasteiger partial charge is 0.488 e. The molecule has 0 amide bonds. The van der Waals surface area contributed by atoms with Gasteiger partial charge < -0.3 is 9.15 Å². The minimum atomic E-state index is -0.414. The summed E-state index contributed by atoms with van der Waals surface area (Å²) in [7, 11) is 0. The Labute approximate surface area is 155 Å². The van der Waals surface area contributed by atoms with Crippen LogP contribution in [0.25, 0.3) is 22.1 Å². The minimum absolute atomic E-state index is 0.212. The minimum Gasteiger partial charge on any atom is -0.488 e. The van der Waals surface area contributed by atoms with E-state index in [0.717, 1.165) is 27.6 Å². The summed E-state index contributed by atoms with van der Waals surface area (Å²) >= 11 is 0. The van der Waals surface area contributed by atoms with Crippen LogP contribution in [-0.2, 0) is 6.61 Å². The molecule has 0 spiro atoms. The molecule has 0 N–H and O–H groups in total. The van der Waals surface area contributed by atoms with Gasteiger partial charge in [-0.25, -0.2) is 9.18 Å². The molecule has 1 heterocycles. The molecule has 0 atom stereocenters. The molecule has 0 fully saturated rings. The van der Waals surface area contributed by atoms with Crippen LogP contribution in [0.5, 0.6) is 5.75 Å². The van der Waals surface area contributed by atoms with Crippen LogP contribution in [0.15, 0.2) is 82.0 Å². The smallest absolute Gasteiger partial charge is 0.336 e. The van der Waals surface area contributed by atoms with Gasteiger partial charge in [-0.1, -0.05) is 42.5 Å². The Hall–Kier alpha value is -3.40. The molecule has 0 unspecified atom stereocenters. The molecule has 0 aliphatic rings. The molecule has 0 aliphatic heterocycles. The number of rotatable bonds is 4. The molecular weight excluding hydrogens is 343 g/mol. The highest BCUT2D eigenvalue weighted by molar-refractivity contribution is 5.98. The molecule has 1 aromatic heterocycles. The summed E-state index contributed by atoms with van der Waals surface area (Å²) in [5.41, 5.74) is 3.33. The van der Waals surface area contributed by atoms with Crippen LogP contribution in [-0.4, -0.2) is 0 Å². The molecule has 4 aromatic rings. The van der Waals surface area contributed by atoms with Crippen LogP contribution in [0.4, 0.5) is 4.39 Å². The zero-order valence-electron chi connectivity index (χ0n) is 14.7. The molecule has 4 rings (SSSR count). The van der Waals surface area contributed by atoms with Crippen LogP contribution >= 0.6 is 0 Å². The molecule has 0 saturated heterocycles. The lowest BCUT2D eigenvalue weighted by Gasteiger charge is -2.13. The first-order valence-electron chi connectivity index (χ1n) is 8.61. The van der Waals surface area contributed by atoms with Gasteiger partial charge in [-0.3, -0.25) is 0 Å². The Morgan fingerprint density at radius 2 is 1.78 bits per heavy atom. The zero-order chi connectivity index (χ0) is 18.8. The monoisotopic (exact) mass is 360 g/mol. The maximum absolute atomic E-state index is 13.4. The van der Waals surface area contributed by atoms with Crippen LogP contribution in [0, 0.1) is 12.7 Å². The summed E-state index contributed by atoms with van der Waals surface area (Å²) in [5, 5.41) is 0.725. The molecule has 27 heavy (non-hydrogen) atoms. The van der Waals surface area contributed by atoms with E-state index in [0.29, 0.717) is 11.3 Å². The summed E-state index contributed by atoms with van der Waals surface area (Å²) in [4.78, 5) is 12.1. The second kappa shape index (κ2) is 7.08. The van der Waals surface area contributed by atoms with Crippen molar-refractivity contribution in [2.24, 2.45) is 0 Å². The number of benzene rings is 3. The van der Waals surface area contributed by atoms with Crippen molar-refractivity contribution in [2.75, 3.05) is 0 Å². The Morgan fingerprint density at radius 1 is 0.963 bits per heavy atom. The number of halogens is 1. The summed E-state index contributed by atoms with van der Waals surface area (Å²) in [6.45, 7) is 2.12. The normalized spacial score (nSPS) is 10.9. The summed E-state index contributed by atoms with van der Waals surface area (Å²) in [6, 6.07) is 21.1. The predicted molar refractivity (Wildman–Crippen MR) is 103 cm³/mol. The van der Waals surface area contributed by atoms with Crippen molar-refractivity contribution in [1.29, 1.82) is 0 Å². The number of fused-ring (bicyclic) bond motifs is 1. The zero-order valence-corrected chi connectivity index (χ0v) is 14.7. The third-order valence-electron chi connectivity index (χ3n) is 4.32. The van der Waals surface area contributed by atoms with Gasteiger partial charge in [0.15, 0.2) is 0 Å². The Balaban J connectivity index is 1.85. The molecule has 4 heteroatoms. The van der Waals surface area contributed by atoms with E-state index in [2.05, 4.69) is 0 Å². The molecule has 0 saturated carbocycles. The fourth-order valence-corrected chi connectivity index (χ4v) is 3.14. The quantitative estimate of drug-likeness (QED) is 0.452. The fourth-order valence-electron chi connectivity index (χ4n) is 3.14. The highest BCUT2D eigenvalue weighted by Gasteiger charge is 2.14. The van der Waals surface area contributed by atoms with Gasteiger partial charge >= 0.3 is 5.63 Å². The number of hydrogen-bond donors (Lipinski definition) is 0. The number of hydrogen-bond acceptors (Lipinski definition) is 3. The summed E-state index contributed by atoms with van der Waals surface area (Å²) in [5.74, 6) is 0.290. The van der Waals surface area contributed by atoms with Gasteiger partial charge in [0.2, 0.25) is 0 Å². The standard InChI is InChI=1S/C23H17FO3/c1-15-10-20(26-14-16-6-5-9-18(24)12-16)23-19(17-7-3-2-4-8-17)13-22(25)27-21(23)11-15/h2-13H,14H2,1H3. The first-order chi connectivity index (χ1) is 13.1. The summed E-state index contributed by atoms with van der Waals surface area (Å²) < 4.78 is 24.9. The predicted octanol–water partition coefficient (Wildman–Crippen LogP) is 5.49. The molecule has 3 nitrogen and oxygen atoms in total. The van der Waals surface area contributed by atoms with E-state index in [-0.39, 0.29) is 12.4 Å². The number of aryl methyl sites for hydroxylation is 1. The molecule has 0 bridgehead atoms. The maximum atomic E-state index is 13.4. The Morgan fingerprint density at radius 3 is 2.56 bits per heavy atom. The van der Waals surface area contributed by atoms with Crippen molar-refractivity contribution in [1.82, 2.24) is 0 Å². The van der Waals surface area contributed by atoms with Gasteiger partial charge in [0, 0.05) is 11.6 Å². The van der Waals surface area contributed by atoms with E-state index < -0.39 is 5.63 Å². The molecule has 134 valence electrons. The average Bonchev–Trinajstić information content (AvgIpc) is 2.66. The van der Waals surface area contributed by atoms with Crippen LogP contribution in [0.2, 0.25) is 0 Å². The first kappa shape index (κ1) is 17.0. The number of ether oxygens (including phenoxy) is 1. The summed E-state index contributed by atoms with van der Waals surface area (Å²) in [6.07, 6.45) is 0. The SMILES string of the molecule is Cc1cc(OCc2cccc(F)c2)c2c(-c3ccccc3)cc(=O)oc2c1. The van der Waals surface area contributed by atoms with Crippen molar-refractivity contribution in [3.63, 3.8) is 0 Å². The lowest BCUT2D eigenvalue weighted by Crippen LogP contribution is -2.02. The molecule has 0 aliphatic carbocycles. The van der Waals surface area contributed by atoms with Crippen molar-refractivity contribution < 1.29 is 13.5 Å². The third-order valence-corrected chi connectivity index (χ3v) is 4.32. The van der Waals surface area contributed by atoms with E-state index in [4.69, 9.17) is 9.15 Å². The molecule has 3 aromatic carbocycles. The van der Waals surface area contributed by atoms with Gasteiger partial charge in [0.05, 0.1) is 5.39 Å². The topological polar surface area (TPSA) is 39.4 Å². The molecule has 0 radical (unpaired) electrons. The van der Waals surface area contributed by atoms with Gasteiger partial charge in [0.1, 0.15) is 23.8 Å².